The molecule has 0 radical (unpaired) electrons. The van der Waals surface area contributed by atoms with E-state index in [-0.39, 0.29) is 12.4 Å². The molecule has 2 aromatic rings. The molecule has 1 fully saturated rings. The zero-order valence-electron chi connectivity index (χ0n) is 14.2. The topological polar surface area (TPSA) is 51.7 Å². The summed E-state index contributed by atoms with van der Waals surface area (Å²) in [5.74, 6) is 0.905. The van der Waals surface area contributed by atoms with Crippen LogP contribution >= 0.6 is 34.5 Å². The Bertz CT molecular complexity index is 719. The molecule has 1 aliphatic rings. The highest BCUT2D eigenvalue weighted by Gasteiger charge is 2.22. The molecule has 1 saturated heterocycles. The van der Waals surface area contributed by atoms with Crippen LogP contribution in [0.5, 0.6) is 5.75 Å². The smallest absolute Gasteiger partial charge is 0.331 e. The van der Waals surface area contributed by atoms with E-state index in [4.69, 9.17) is 32.8 Å². The second-order valence-corrected chi connectivity index (χ2v) is 7.69. The van der Waals surface area contributed by atoms with Gasteiger partial charge in [-0.1, -0.05) is 29.3 Å². The van der Waals surface area contributed by atoms with Gasteiger partial charge in [0.2, 0.25) is 0 Å². The lowest BCUT2D eigenvalue weighted by Crippen LogP contribution is -2.36. The number of hydrogen-bond donors (Lipinski definition) is 0. The number of halogens is 2. The van der Waals surface area contributed by atoms with Gasteiger partial charge in [0.15, 0.2) is 0 Å². The number of ether oxygens (including phenoxy) is 1. The van der Waals surface area contributed by atoms with E-state index in [0.29, 0.717) is 28.3 Å². The Morgan fingerprint density at radius 1 is 1.31 bits per heavy atom. The standard InChI is InChI=1S/C18H20Cl2N2O3S/c19-15-2-1-3-16(18(15)20)24-9-6-13-4-7-22(8-5-13)25-17(23)10-14-11-26-12-21-14/h1-3,11-13H,4-10H2. The largest absolute Gasteiger partial charge is 0.492 e. The van der Waals surface area contributed by atoms with Gasteiger partial charge in [-0.2, -0.15) is 0 Å². The highest BCUT2D eigenvalue weighted by Crippen LogP contribution is 2.32. The molecule has 0 spiro atoms. The summed E-state index contributed by atoms with van der Waals surface area (Å²) in [6, 6.07) is 5.38. The minimum Gasteiger partial charge on any atom is -0.492 e. The lowest BCUT2D eigenvalue weighted by molar-refractivity contribution is -0.196. The van der Waals surface area contributed by atoms with Crippen LogP contribution in [0, 0.1) is 5.92 Å². The molecular weight excluding hydrogens is 395 g/mol. The maximum Gasteiger partial charge on any atom is 0.331 e. The minimum atomic E-state index is -0.256. The first-order valence-electron chi connectivity index (χ1n) is 8.51. The van der Waals surface area contributed by atoms with Gasteiger partial charge in [0, 0.05) is 18.5 Å². The summed E-state index contributed by atoms with van der Waals surface area (Å²) in [4.78, 5) is 21.4. The lowest BCUT2D eigenvalue weighted by Gasteiger charge is -2.30. The van der Waals surface area contributed by atoms with Crippen molar-refractivity contribution in [1.82, 2.24) is 10.0 Å². The second-order valence-electron chi connectivity index (χ2n) is 6.18. The van der Waals surface area contributed by atoms with Gasteiger partial charge in [0.25, 0.3) is 0 Å². The van der Waals surface area contributed by atoms with Crippen LogP contribution in [-0.4, -0.2) is 35.7 Å². The van der Waals surface area contributed by atoms with E-state index in [1.807, 2.05) is 17.5 Å². The van der Waals surface area contributed by atoms with Crippen molar-refractivity contribution in [2.45, 2.75) is 25.7 Å². The van der Waals surface area contributed by atoms with E-state index in [9.17, 15) is 4.79 Å². The van der Waals surface area contributed by atoms with Crippen molar-refractivity contribution in [2.75, 3.05) is 19.7 Å². The predicted molar refractivity (Wildman–Crippen MR) is 103 cm³/mol. The van der Waals surface area contributed by atoms with E-state index in [1.54, 1.807) is 16.6 Å². The van der Waals surface area contributed by atoms with Crippen molar-refractivity contribution < 1.29 is 14.4 Å². The van der Waals surface area contributed by atoms with Crippen molar-refractivity contribution in [3.8, 4) is 5.75 Å². The SMILES string of the molecule is O=C(Cc1cscn1)ON1CCC(CCOc2cccc(Cl)c2Cl)CC1. The van der Waals surface area contributed by atoms with E-state index >= 15 is 0 Å². The molecule has 8 heteroatoms. The number of carbonyl (C=O) groups is 1. The number of carbonyl (C=O) groups excluding carboxylic acids is 1. The molecule has 1 aromatic carbocycles. The van der Waals surface area contributed by atoms with Gasteiger partial charge in [-0.15, -0.1) is 16.4 Å². The minimum absolute atomic E-state index is 0.220. The van der Waals surface area contributed by atoms with Gasteiger partial charge >= 0.3 is 5.97 Å². The maximum absolute atomic E-state index is 11.9. The third-order valence-electron chi connectivity index (χ3n) is 4.31. The van der Waals surface area contributed by atoms with Gasteiger partial charge in [0.05, 0.1) is 29.3 Å². The Balaban J connectivity index is 1.34. The fraction of sp³-hybridized carbons (Fsp3) is 0.444. The van der Waals surface area contributed by atoms with Crippen LogP contribution in [0.4, 0.5) is 0 Å². The summed E-state index contributed by atoms with van der Waals surface area (Å²) in [7, 11) is 0. The molecule has 3 rings (SSSR count). The zero-order valence-corrected chi connectivity index (χ0v) is 16.5. The fourth-order valence-electron chi connectivity index (χ4n) is 2.87. The number of rotatable bonds is 7. The van der Waals surface area contributed by atoms with Crippen molar-refractivity contribution >= 4 is 40.5 Å². The van der Waals surface area contributed by atoms with E-state index in [1.165, 1.54) is 11.3 Å². The molecule has 0 N–H and O–H groups in total. The first-order chi connectivity index (χ1) is 12.6. The first-order valence-corrected chi connectivity index (χ1v) is 10.2. The summed E-state index contributed by atoms with van der Waals surface area (Å²) in [6.07, 6.45) is 3.09. The molecular formula is C18H20Cl2N2O3S. The Hall–Kier alpha value is -1.34. The summed E-state index contributed by atoms with van der Waals surface area (Å²) >= 11 is 13.6. The molecule has 0 bridgehead atoms. The van der Waals surface area contributed by atoms with Crippen LogP contribution in [-0.2, 0) is 16.1 Å². The highest BCUT2D eigenvalue weighted by molar-refractivity contribution is 7.07. The molecule has 1 aliphatic heterocycles. The van der Waals surface area contributed by atoms with Gasteiger partial charge in [-0.3, -0.25) is 0 Å². The molecule has 0 unspecified atom stereocenters. The summed E-state index contributed by atoms with van der Waals surface area (Å²) in [6.45, 7) is 2.07. The molecule has 140 valence electrons. The number of nitrogens with zero attached hydrogens (tertiary/aromatic N) is 2. The fourth-order valence-corrected chi connectivity index (χ4v) is 3.77. The van der Waals surface area contributed by atoms with E-state index in [0.717, 1.165) is 38.0 Å². The van der Waals surface area contributed by atoms with Gasteiger partial charge in [0.1, 0.15) is 10.8 Å². The number of thiazole rings is 1. The van der Waals surface area contributed by atoms with Crippen molar-refractivity contribution in [3.05, 3.63) is 44.8 Å². The van der Waals surface area contributed by atoms with Crippen molar-refractivity contribution in [3.63, 3.8) is 0 Å². The summed E-state index contributed by atoms with van der Waals surface area (Å²) in [5, 5.41) is 4.56. The van der Waals surface area contributed by atoms with Crippen LogP contribution in [0.15, 0.2) is 29.1 Å². The number of aromatic nitrogens is 1. The highest BCUT2D eigenvalue weighted by atomic mass is 35.5. The average molecular weight is 415 g/mol. The monoisotopic (exact) mass is 414 g/mol. The quantitative estimate of drug-likeness (QED) is 0.660. The predicted octanol–water partition coefficient (Wildman–Crippen LogP) is 4.63. The van der Waals surface area contributed by atoms with Gasteiger partial charge in [-0.05, 0) is 37.3 Å². The van der Waals surface area contributed by atoms with Crippen molar-refractivity contribution in [2.24, 2.45) is 5.92 Å². The molecule has 0 atom stereocenters. The Morgan fingerprint density at radius 3 is 2.85 bits per heavy atom. The Labute approximate surface area is 166 Å². The van der Waals surface area contributed by atoms with E-state index in [2.05, 4.69) is 4.98 Å². The Morgan fingerprint density at radius 2 is 2.12 bits per heavy atom. The molecule has 0 amide bonds. The molecule has 5 nitrogen and oxygen atoms in total. The number of benzene rings is 1. The molecule has 0 saturated carbocycles. The van der Waals surface area contributed by atoms with Crippen LogP contribution in [0.25, 0.3) is 0 Å². The normalized spacial score (nSPS) is 15.8. The second kappa shape index (κ2) is 9.55. The third-order valence-corrected chi connectivity index (χ3v) is 5.75. The van der Waals surface area contributed by atoms with Crippen LogP contribution in [0.3, 0.4) is 0 Å². The number of hydrogen-bond acceptors (Lipinski definition) is 6. The van der Waals surface area contributed by atoms with Gasteiger partial charge in [-0.25, -0.2) is 9.78 Å². The molecule has 26 heavy (non-hydrogen) atoms. The van der Waals surface area contributed by atoms with Crippen LogP contribution in [0.2, 0.25) is 10.0 Å². The maximum atomic E-state index is 11.9. The van der Waals surface area contributed by atoms with Crippen molar-refractivity contribution in [1.29, 1.82) is 0 Å². The molecule has 0 aliphatic carbocycles. The van der Waals surface area contributed by atoms with Crippen LogP contribution in [0.1, 0.15) is 25.0 Å². The number of hydroxylamine groups is 2. The summed E-state index contributed by atoms with van der Waals surface area (Å²) < 4.78 is 5.75. The average Bonchev–Trinajstić information content (AvgIpc) is 3.13. The van der Waals surface area contributed by atoms with Gasteiger partial charge < -0.3 is 9.57 Å². The molecule has 2 heterocycles. The summed E-state index contributed by atoms with van der Waals surface area (Å²) in [5.41, 5.74) is 2.47. The van der Waals surface area contributed by atoms with Crippen LogP contribution < -0.4 is 4.74 Å². The third kappa shape index (κ3) is 5.58. The Kier molecular flexibility index (Phi) is 7.14. The van der Waals surface area contributed by atoms with E-state index < -0.39 is 0 Å². The zero-order chi connectivity index (χ0) is 18.4. The molecule has 1 aromatic heterocycles. The lowest BCUT2D eigenvalue weighted by atomic mass is 9.95. The number of piperidine rings is 1. The first kappa shape index (κ1) is 19.4.